The third kappa shape index (κ3) is 4.69. The molecule has 0 spiro atoms. The van der Waals surface area contributed by atoms with E-state index in [1.165, 1.54) is 12.1 Å². The minimum absolute atomic E-state index is 0.0857. The van der Waals surface area contributed by atoms with Gasteiger partial charge in [-0.15, -0.1) is 0 Å². The van der Waals surface area contributed by atoms with Crippen molar-refractivity contribution in [2.45, 2.75) is 49.6 Å². The van der Waals surface area contributed by atoms with Gasteiger partial charge in [0.2, 0.25) is 5.91 Å². The summed E-state index contributed by atoms with van der Waals surface area (Å²) in [5.41, 5.74) is 0.507. The van der Waals surface area contributed by atoms with Gasteiger partial charge in [0.1, 0.15) is 0 Å². The molecule has 4 rings (SSSR count). The standard InChI is InChI=1S/C23H25N3O4S/c27-22(14-15-31(29,30)18-10-2-1-3-11-18)24-16-21-19-12-6-7-13-20(19)23(28)26(25-21)17-8-4-5-9-17/h1-3,6-7,10-13,17H,4-5,8-9,14-16H2,(H,24,27). The van der Waals surface area contributed by atoms with Crippen LogP contribution in [0.2, 0.25) is 0 Å². The zero-order valence-electron chi connectivity index (χ0n) is 17.2. The number of hydrogen-bond acceptors (Lipinski definition) is 5. The molecule has 0 saturated heterocycles. The Kier molecular flexibility index (Phi) is 6.18. The average Bonchev–Trinajstić information content (AvgIpc) is 3.33. The zero-order valence-corrected chi connectivity index (χ0v) is 18.0. The van der Waals surface area contributed by atoms with Crippen LogP contribution in [0.5, 0.6) is 0 Å². The van der Waals surface area contributed by atoms with Crippen LogP contribution < -0.4 is 10.9 Å². The van der Waals surface area contributed by atoms with Crippen molar-refractivity contribution in [3.63, 3.8) is 0 Å². The van der Waals surface area contributed by atoms with Crippen LogP contribution in [0.25, 0.3) is 10.8 Å². The lowest BCUT2D eigenvalue weighted by molar-refractivity contribution is -0.120. The fourth-order valence-corrected chi connectivity index (χ4v) is 5.31. The minimum Gasteiger partial charge on any atom is -0.350 e. The summed E-state index contributed by atoms with van der Waals surface area (Å²) < 4.78 is 26.3. The van der Waals surface area contributed by atoms with Crippen LogP contribution in [0, 0.1) is 0 Å². The molecular formula is C23H25N3O4S. The molecule has 1 aromatic heterocycles. The van der Waals surface area contributed by atoms with Crippen LogP contribution in [-0.4, -0.2) is 29.9 Å². The normalized spacial score (nSPS) is 14.7. The quantitative estimate of drug-likeness (QED) is 0.610. The Hall–Kier alpha value is -3.00. The fraction of sp³-hybridized carbons (Fsp3) is 0.348. The van der Waals surface area contributed by atoms with E-state index in [4.69, 9.17) is 0 Å². The number of carbonyl (C=O) groups is 1. The summed E-state index contributed by atoms with van der Waals surface area (Å²) in [5, 5.41) is 8.64. The van der Waals surface area contributed by atoms with Gasteiger partial charge in [0.05, 0.1) is 34.3 Å². The third-order valence-electron chi connectivity index (χ3n) is 5.73. The van der Waals surface area contributed by atoms with Gasteiger partial charge in [-0.2, -0.15) is 5.10 Å². The highest BCUT2D eigenvalue weighted by atomic mass is 32.2. The SMILES string of the molecule is O=C(CCS(=O)(=O)c1ccccc1)NCc1nn(C2CCCC2)c(=O)c2ccccc12. The number of fused-ring (bicyclic) bond motifs is 1. The summed E-state index contributed by atoms with van der Waals surface area (Å²) in [7, 11) is -3.52. The number of amides is 1. The van der Waals surface area contributed by atoms with Gasteiger partial charge in [0.15, 0.2) is 9.84 Å². The smallest absolute Gasteiger partial charge is 0.274 e. The van der Waals surface area contributed by atoms with E-state index in [1.807, 2.05) is 18.2 Å². The second-order valence-electron chi connectivity index (χ2n) is 7.84. The molecule has 0 bridgehead atoms. The maximum Gasteiger partial charge on any atom is 0.274 e. The molecule has 1 heterocycles. The van der Waals surface area contributed by atoms with E-state index in [0.717, 1.165) is 25.7 Å². The molecule has 1 saturated carbocycles. The van der Waals surface area contributed by atoms with Gasteiger partial charge < -0.3 is 5.32 Å². The Labute approximate surface area is 181 Å². The number of nitrogens with zero attached hydrogens (tertiary/aromatic N) is 2. The van der Waals surface area contributed by atoms with E-state index in [9.17, 15) is 18.0 Å². The number of benzene rings is 2. The van der Waals surface area contributed by atoms with Gasteiger partial charge >= 0.3 is 0 Å². The molecule has 0 atom stereocenters. The highest BCUT2D eigenvalue weighted by molar-refractivity contribution is 7.91. The van der Waals surface area contributed by atoms with E-state index in [1.54, 1.807) is 28.9 Å². The zero-order chi connectivity index (χ0) is 21.8. The molecule has 1 aliphatic carbocycles. The third-order valence-corrected chi connectivity index (χ3v) is 7.46. The first-order valence-electron chi connectivity index (χ1n) is 10.5. The van der Waals surface area contributed by atoms with Crippen molar-refractivity contribution in [1.82, 2.24) is 15.1 Å². The summed E-state index contributed by atoms with van der Waals surface area (Å²) in [6.07, 6.45) is 3.86. The van der Waals surface area contributed by atoms with Crippen LogP contribution in [0.15, 0.2) is 64.3 Å². The molecule has 8 heteroatoms. The molecule has 7 nitrogen and oxygen atoms in total. The van der Waals surface area contributed by atoms with Gasteiger partial charge in [-0.1, -0.05) is 49.2 Å². The molecule has 1 aliphatic rings. The van der Waals surface area contributed by atoms with E-state index in [-0.39, 0.29) is 41.1 Å². The molecule has 3 aromatic rings. The first-order chi connectivity index (χ1) is 15.0. The number of aromatic nitrogens is 2. The molecule has 31 heavy (non-hydrogen) atoms. The van der Waals surface area contributed by atoms with Crippen molar-refractivity contribution >= 4 is 26.5 Å². The van der Waals surface area contributed by atoms with Crippen LogP contribution in [0.3, 0.4) is 0 Å². The molecule has 0 radical (unpaired) electrons. The highest BCUT2D eigenvalue weighted by Crippen LogP contribution is 2.28. The summed E-state index contributed by atoms with van der Waals surface area (Å²) in [6, 6.07) is 15.4. The molecule has 162 valence electrons. The Balaban J connectivity index is 1.49. The maximum atomic E-state index is 12.9. The summed E-state index contributed by atoms with van der Waals surface area (Å²) in [6.45, 7) is 0.137. The van der Waals surface area contributed by atoms with E-state index >= 15 is 0 Å². The van der Waals surface area contributed by atoms with Crippen molar-refractivity contribution in [3.8, 4) is 0 Å². The predicted molar refractivity (Wildman–Crippen MR) is 118 cm³/mol. The molecule has 1 N–H and O–H groups in total. The van der Waals surface area contributed by atoms with Crippen LogP contribution in [-0.2, 0) is 21.2 Å². The second-order valence-corrected chi connectivity index (χ2v) is 9.95. The Morgan fingerprint density at radius 3 is 2.35 bits per heavy atom. The average molecular weight is 440 g/mol. The molecule has 0 unspecified atom stereocenters. The Morgan fingerprint density at radius 2 is 1.65 bits per heavy atom. The largest absolute Gasteiger partial charge is 0.350 e. The minimum atomic E-state index is -3.52. The van der Waals surface area contributed by atoms with E-state index < -0.39 is 9.84 Å². The van der Waals surface area contributed by atoms with Crippen molar-refractivity contribution in [2.24, 2.45) is 0 Å². The molecule has 1 fully saturated rings. The van der Waals surface area contributed by atoms with Gasteiger partial charge in [-0.3, -0.25) is 9.59 Å². The monoisotopic (exact) mass is 439 g/mol. The van der Waals surface area contributed by atoms with Crippen molar-refractivity contribution < 1.29 is 13.2 Å². The van der Waals surface area contributed by atoms with E-state index in [2.05, 4.69) is 10.4 Å². The lowest BCUT2D eigenvalue weighted by atomic mass is 10.1. The Morgan fingerprint density at radius 1 is 1.00 bits per heavy atom. The first kappa shape index (κ1) is 21.2. The van der Waals surface area contributed by atoms with Gasteiger partial charge in [0.25, 0.3) is 5.56 Å². The number of nitrogens with one attached hydrogen (secondary N) is 1. The number of sulfone groups is 1. The van der Waals surface area contributed by atoms with Crippen molar-refractivity contribution in [1.29, 1.82) is 0 Å². The number of carbonyl (C=O) groups excluding carboxylic acids is 1. The lowest BCUT2D eigenvalue weighted by Gasteiger charge is -2.16. The lowest BCUT2D eigenvalue weighted by Crippen LogP contribution is -2.30. The molecule has 2 aromatic carbocycles. The van der Waals surface area contributed by atoms with Crippen LogP contribution in [0.4, 0.5) is 0 Å². The number of rotatable bonds is 7. The van der Waals surface area contributed by atoms with Crippen molar-refractivity contribution in [3.05, 3.63) is 70.6 Å². The predicted octanol–water partition coefficient (Wildman–Crippen LogP) is 2.99. The fourth-order valence-electron chi connectivity index (χ4n) is 4.04. The van der Waals surface area contributed by atoms with Crippen LogP contribution in [0.1, 0.15) is 43.8 Å². The number of hydrogen-bond donors (Lipinski definition) is 1. The van der Waals surface area contributed by atoms with Gasteiger partial charge in [-0.25, -0.2) is 13.1 Å². The molecule has 0 aliphatic heterocycles. The summed E-state index contributed by atoms with van der Waals surface area (Å²) in [4.78, 5) is 25.5. The topological polar surface area (TPSA) is 98.1 Å². The maximum absolute atomic E-state index is 12.9. The van der Waals surface area contributed by atoms with E-state index in [0.29, 0.717) is 16.5 Å². The van der Waals surface area contributed by atoms with Gasteiger partial charge in [-0.05, 0) is 31.0 Å². The van der Waals surface area contributed by atoms with Gasteiger partial charge in [0, 0.05) is 11.8 Å². The summed E-state index contributed by atoms with van der Waals surface area (Å²) in [5.74, 6) is -0.637. The van der Waals surface area contributed by atoms with Crippen molar-refractivity contribution in [2.75, 3.05) is 5.75 Å². The summed E-state index contributed by atoms with van der Waals surface area (Å²) >= 11 is 0. The molecule has 1 amide bonds. The Bertz CT molecular complexity index is 1250. The second kappa shape index (κ2) is 9.01. The highest BCUT2D eigenvalue weighted by Gasteiger charge is 2.22. The first-order valence-corrected chi connectivity index (χ1v) is 12.2. The van der Waals surface area contributed by atoms with Crippen LogP contribution >= 0.6 is 0 Å². The molecular weight excluding hydrogens is 414 g/mol.